The van der Waals surface area contributed by atoms with Crippen molar-refractivity contribution in [2.45, 2.75) is 25.2 Å². The fourth-order valence-corrected chi connectivity index (χ4v) is 3.56. The highest BCUT2D eigenvalue weighted by atomic mass is 19.4. The normalized spacial score (nSPS) is 15.8. The monoisotopic (exact) mass is 449 g/mol. The second-order valence-corrected chi connectivity index (χ2v) is 7.66. The summed E-state index contributed by atoms with van der Waals surface area (Å²) in [6, 6.07) is 17.5. The third-order valence-corrected chi connectivity index (χ3v) is 5.17. The average molecular weight is 449 g/mol. The highest BCUT2D eigenvalue weighted by Gasteiger charge is 2.34. The first kappa shape index (κ1) is 23.6. The Balaban J connectivity index is 1.60. The van der Waals surface area contributed by atoms with Gasteiger partial charge in [-0.2, -0.15) is 13.2 Å². The van der Waals surface area contributed by atoms with E-state index in [4.69, 9.17) is 4.74 Å². The Morgan fingerprint density at radius 3 is 2.03 bits per heavy atom. The summed E-state index contributed by atoms with van der Waals surface area (Å²) in [5.41, 5.74) is 1.67. The molecule has 0 spiro atoms. The van der Waals surface area contributed by atoms with Crippen molar-refractivity contribution < 1.29 is 27.5 Å². The number of rotatable bonds is 7. The lowest BCUT2D eigenvalue weighted by atomic mass is 10.0. The zero-order valence-corrected chi connectivity index (χ0v) is 17.6. The lowest BCUT2D eigenvalue weighted by Gasteiger charge is -2.36. The van der Waals surface area contributed by atoms with Gasteiger partial charge in [-0.25, -0.2) is 4.79 Å². The zero-order valence-electron chi connectivity index (χ0n) is 17.6. The van der Waals surface area contributed by atoms with Crippen molar-refractivity contribution in [1.29, 1.82) is 0 Å². The predicted molar refractivity (Wildman–Crippen MR) is 113 cm³/mol. The van der Waals surface area contributed by atoms with Crippen LogP contribution in [0.5, 0.6) is 0 Å². The molecule has 1 aliphatic rings. The van der Waals surface area contributed by atoms with Gasteiger partial charge in [0.25, 0.3) is 0 Å². The molecule has 172 valence electrons. The number of piperazine rings is 1. The molecule has 1 heterocycles. The van der Waals surface area contributed by atoms with Gasteiger partial charge >= 0.3 is 12.3 Å². The molecule has 1 atom stereocenters. The second-order valence-electron chi connectivity index (χ2n) is 7.66. The van der Waals surface area contributed by atoms with E-state index in [0.717, 1.165) is 11.1 Å². The first-order chi connectivity index (χ1) is 15.3. The Morgan fingerprint density at radius 2 is 1.47 bits per heavy atom. The molecule has 2 aromatic rings. The van der Waals surface area contributed by atoms with E-state index >= 15 is 0 Å². The van der Waals surface area contributed by atoms with Gasteiger partial charge in [0.1, 0.15) is 12.6 Å². The van der Waals surface area contributed by atoms with Gasteiger partial charge in [0.15, 0.2) is 0 Å². The van der Waals surface area contributed by atoms with Crippen molar-refractivity contribution in [3.05, 3.63) is 71.8 Å². The predicted octanol–water partition coefficient (Wildman–Crippen LogP) is 3.23. The van der Waals surface area contributed by atoms with Crippen molar-refractivity contribution in [3.63, 3.8) is 0 Å². The number of hydrogen-bond acceptors (Lipinski definition) is 4. The number of halogens is 3. The molecule has 9 heteroatoms. The summed E-state index contributed by atoms with van der Waals surface area (Å²) in [5.74, 6) is -0.336. The summed E-state index contributed by atoms with van der Waals surface area (Å²) < 4.78 is 43.1. The molecule has 0 bridgehead atoms. The van der Waals surface area contributed by atoms with Gasteiger partial charge in [0, 0.05) is 32.6 Å². The summed E-state index contributed by atoms with van der Waals surface area (Å²) in [6.45, 7) is -0.340. The van der Waals surface area contributed by atoms with Crippen molar-refractivity contribution >= 4 is 12.0 Å². The van der Waals surface area contributed by atoms with E-state index in [9.17, 15) is 22.8 Å². The fraction of sp³-hybridized carbons (Fsp3) is 0.391. The minimum atomic E-state index is -4.27. The number of amides is 2. The van der Waals surface area contributed by atoms with Crippen molar-refractivity contribution in [2.24, 2.45) is 0 Å². The Morgan fingerprint density at radius 1 is 0.906 bits per heavy atom. The Kier molecular flexibility index (Phi) is 8.10. The molecule has 0 aliphatic carbocycles. The largest absolute Gasteiger partial charge is 0.445 e. The lowest BCUT2D eigenvalue weighted by Crippen LogP contribution is -2.56. The van der Waals surface area contributed by atoms with Crippen LogP contribution in [0, 0.1) is 0 Å². The van der Waals surface area contributed by atoms with Crippen LogP contribution in [0.1, 0.15) is 11.1 Å². The molecule has 6 nitrogen and oxygen atoms in total. The van der Waals surface area contributed by atoms with E-state index in [1.807, 2.05) is 60.7 Å². The van der Waals surface area contributed by atoms with Gasteiger partial charge in [0.05, 0.1) is 6.54 Å². The summed E-state index contributed by atoms with van der Waals surface area (Å²) in [7, 11) is 0. The first-order valence-corrected chi connectivity index (χ1v) is 10.4. The number of benzene rings is 2. The molecule has 1 aliphatic heterocycles. The summed E-state index contributed by atoms with van der Waals surface area (Å²) in [6.07, 6.45) is -4.74. The third kappa shape index (κ3) is 7.56. The van der Waals surface area contributed by atoms with Crippen LogP contribution < -0.4 is 5.32 Å². The maximum Gasteiger partial charge on any atom is 0.408 e. The van der Waals surface area contributed by atoms with Crippen LogP contribution in [0.2, 0.25) is 0 Å². The Bertz CT molecular complexity index is 870. The fourth-order valence-electron chi connectivity index (χ4n) is 3.56. The van der Waals surface area contributed by atoms with Gasteiger partial charge in [-0.3, -0.25) is 9.69 Å². The molecular formula is C23H26F3N3O3. The molecule has 32 heavy (non-hydrogen) atoms. The van der Waals surface area contributed by atoms with Crippen LogP contribution in [-0.2, 0) is 22.6 Å². The van der Waals surface area contributed by atoms with Crippen LogP contribution in [0.3, 0.4) is 0 Å². The van der Waals surface area contributed by atoms with Gasteiger partial charge in [-0.15, -0.1) is 0 Å². The van der Waals surface area contributed by atoms with Crippen molar-refractivity contribution in [1.82, 2.24) is 15.1 Å². The zero-order chi connectivity index (χ0) is 23.0. The number of nitrogens with zero attached hydrogens (tertiary/aromatic N) is 2. The van der Waals surface area contributed by atoms with Crippen LogP contribution in [0.15, 0.2) is 60.7 Å². The molecule has 1 N–H and O–H groups in total. The minimum absolute atomic E-state index is 0.0645. The molecule has 0 saturated carbocycles. The highest BCUT2D eigenvalue weighted by molar-refractivity contribution is 5.86. The van der Waals surface area contributed by atoms with E-state index in [0.29, 0.717) is 0 Å². The lowest BCUT2D eigenvalue weighted by molar-refractivity contribution is -0.152. The first-order valence-electron chi connectivity index (χ1n) is 10.4. The number of hydrogen-bond donors (Lipinski definition) is 1. The van der Waals surface area contributed by atoms with E-state index in [1.54, 1.807) is 0 Å². The molecule has 0 unspecified atom stereocenters. The van der Waals surface area contributed by atoms with Gasteiger partial charge in [-0.05, 0) is 11.1 Å². The molecule has 0 aromatic heterocycles. The molecule has 3 rings (SSSR count). The van der Waals surface area contributed by atoms with E-state index in [1.165, 1.54) is 9.80 Å². The molecule has 1 saturated heterocycles. The molecule has 2 aromatic carbocycles. The Labute approximate surface area is 184 Å². The van der Waals surface area contributed by atoms with Crippen molar-refractivity contribution in [2.75, 3.05) is 32.7 Å². The second kappa shape index (κ2) is 11.0. The smallest absolute Gasteiger partial charge is 0.408 e. The summed E-state index contributed by atoms with van der Waals surface area (Å²) >= 11 is 0. The maximum atomic E-state index is 13.1. The maximum absolute atomic E-state index is 13.1. The summed E-state index contributed by atoms with van der Waals surface area (Å²) in [5, 5.41) is 2.64. The van der Waals surface area contributed by atoms with Crippen LogP contribution in [0.4, 0.5) is 18.0 Å². The van der Waals surface area contributed by atoms with E-state index < -0.39 is 24.9 Å². The highest BCUT2D eigenvalue weighted by Crippen LogP contribution is 2.18. The average Bonchev–Trinajstić information content (AvgIpc) is 2.78. The van der Waals surface area contributed by atoms with Gasteiger partial charge in [-0.1, -0.05) is 60.7 Å². The number of alkyl halides is 3. The van der Waals surface area contributed by atoms with Crippen LogP contribution in [0.25, 0.3) is 0 Å². The molecular weight excluding hydrogens is 423 g/mol. The van der Waals surface area contributed by atoms with Gasteiger partial charge < -0.3 is 15.0 Å². The van der Waals surface area contributed by atoms with E-state index in [2.05, 4.69) is 5.32 Å². The molecule has 0 radical (unpaired) electrons. The minimum Gasteiger partial charge on any atom is -0.445 e. The quantitative estimate of drug-likeness (QED) is 0.705. The standard InChI is InChI=1S/C23H26F3N3O3/c24-23(25,26)17-28-11-13-29(14-12-28)21(30)20(15-18-7-3-1-4-8-18)27-22(31)32-16-19-9-5-2-6-10-19/h1-10,20H,11-17H2,(H,27,31)/t20-/m0/s1. The van der Waals surface area contributed by atoms with Crippen LogP contribution >= 0.6 is 0 Å². The number of alkyl carbamates (subject to hydrolysis) is 1. The van der Waals surface area contributed by atoms with Gasteiger partial charge in [0.2, 0.25) is 5.91 Å². The SMILES string of the molecule is O=C(N[C@@H](Cc1ccccc1)C(=O)N1CCN(CC(F)(F)F)CC1)OCc1ccccc1. The summed E-state index contributed by atoms with van der Waals surface area (Å²) in [4.78, 5) is 28.3. The number of ether oxygens (including phenoxy) is 1. The van der Waals surface area contributed by atoms with Crippen LogP contribution in [-0.4, -0.2) is 66.7 Å². The molecule has 2 amide bonds. The Hall–Kier alpha value is -3.07. The van der Waals surface area contributed by atoms with Crippen molar-refractivity contribution in [3.8, 4) is 0 Å². The number of carbonyl (C=O) groups excluding carboxylic acids is 2. The molecule has 1 fully saturated rings. The number of nitrogens with one attached hydrogen (secondary N) is 1. The third-order valence-electron chi connectivity index (χ3n) is 5.17. The van der Waals surface area contributed by atoms with E-state index in [-0.39, 0.29) is 45.1 Å². The topological polar surface area (TPSA) is 61.9 Å². The number of carbonyl (C=O) groups is 2.